The van der Waals surface area contributed by atoms with Gasteiger partial charge in [-0.15, -0.1) is 12.4 Å². The fraction of sp³-hybridized carbons (Fsp3) is 0.458. The minimum Gasteiger partial charge on any atom is -0.347 e. The Morgan fingerprint density at radius 3 is 2.07 bits per heavy atom. The summed E-state index contributed by atoms with van der Waals surface area (Å²) < 4.78 is 11.7. The van der Waals surface area contributed by atoms with Crippen molar-refractivity contribution in [1.29, 1.82) is 0 Å². The highest BCUT2D eigenvalue weighted by molar-refractivity contribution is 6.08. The smallest absolute Gasteiger partial charge is 0.193 e. The van der Waals surface area contributed by atoms with E-state index >= 15 is 0 Å². The molecule has 1 spiro atoms. The average molecular weight is 416 g/mol. The Morgan fingerprint density at radius 2 is 1.48 bits per heavy atom. The molecule has 0 bridgehead atoms. The summed E-state index contributed by atoms with van der Waals surface area (Å²) in [5, 5.41) is 0. The normalized spacial score (nSPS) is 19.1. The molecule has 0 unspecified atom stereocenters. The predicted molar refractivity (Wildman–Crippen MR) is 117 cm³/mol. The standard InChI is InChI=1S/C24H29NO3.ClH/c1-23(2,18-25-14-12-24(13-15-25)27-16-17-28-24)21-10-8-20(9-11-21)22(26)19-6-4-3-5-7-19;/h3-11H,12-18H2,1-2H3;1H. The molecule has 2 aliphatic rings. The molecule has 0 saturated carbocycles. The van der Waals surface area contributed by atoms with Crippen molar-refractivity contribution in [3.8, 4) is 0 Å². The predicted octanol–water partition coefficient (Wildman–Crippen LogP) is 4.46. The minimum absolute atomic E-state index is 0. The summed E-state index contributed by atoms with van der Waals surface area (Å²) in [6.45, 7) is 8.96. The summed E-state index contributed by atoms with van der Waals surface area (Å²) in [4.78, 5) is 15.1. The number of ketones is 1. The molecule has 0 amide bonds. The average Bonchev–Trinajstić information content (AvgIpc) is 3.18. The van der Waals surface area contributed by atoms with Gasteiger partial charge in [-0.3, -0.25) is 4.79 Å². The Balaban J connectivity index is 0.00000240. The topological polar surface area (TPSA) is 38.8 Å². The first-order valence-corrected chi connectivity index (χ1v) is 10.2. The lowest BCUT2D eigenvalue weighted by molar-refractivity contribution is -0.185. The molecule has 2 saturated heterocycles. The Hall–Kier alpha value is -1.72. The van der Waals surface area contributed by atoms with Gasteiger partial charge in [-0.1, -0.05) is 68.4 Å². The van der Waals surface area contributed by atoms with Crippen LogP contribution in [0.25, 0.3) is 0 Å². The van der Waals surface area contributed by atoms with Crippen molar-refractivity contribution < 1.29 is 14.3 Å². The number of piperidine rings is 1. The Kier molecular flexibility index (Phi) is 6.79. The lowest BCUT2D eigenvalue weighted by atomic mass is 9.82. The minimum atomic E-state index is -0.319. The van der Waals surface area contributed by atoms with Gasteiger partial charge >= 0.3 is 0 Å². The van der Waals surface area contributed by atoms with E-state index in [4.69, 9.17) is 9.47 Å². The molecule has 2 aromatic rings. The van der Waals surface area contributed by atoms with Gasteiger partial charge in [0, 0.05) is 49.0 Å². The van der Waals surface area contributed by atoms with Crippen molar-refractivity contribution in [1.82, 2.24) is 4.90 Å². The Morgan fingerprint density at radius 1 is 0.931 bits per heavy atom. The molecular formula is C24H30ClNO3. The van der Waals surface area contributed by atoms with Crippen LogP contribution < -0.4 is 0 Å². The van der Waals surface area contributed by atoms with E-state index in [2.05, 4.69) is 30.9 Å². The van der Waals surface area contributed by atoms with E-state index in [1.54, 1.807) is 0 Å². The van der Waals surface area contributed by atoms with E-state index < -0.39 is 0 Å². The van der Waals surface area contributed by atoms with E-state index in [0.29, 0.717) is 0 Å². The van der Waals surface area contributed by atoms with Gasteiger partial charge in [-0.05, 0) is 5.56 Å². The second kappa shape index (κ2) is 8.97. The number of hydrogen-bond donors (Lipinski definition) is 0. The summed E-state index contributed by atoms with van der Waals surface area (Å²) in [5.74, 6) is -0.247. The first-order valence-electron chi connectivity index (χ1n) is 10.2. The van der Waals surface area contributed by atoms with Gasteiger partial charge in [0.05, 0.1) is 13.2 Å². The number of likely N-dealkylation sites (tertiary alicyclic amines) is 1. The fourth-order valence-electron chi connectivity index (χ4n) is 4.32. The number of halogens is 1. The first-order chi connectivity index (χ1) is 13.5. The fourth-order valence-corrected chi connectivity index (χ4v) is 4.32. The molecule has 5 heteroatoms. The molecule has 4 nitrogen and oxygen atoms in total. The Bertz CT molecular complexity index is 804. The number of benzene rings is 2. The number of carbonyl (C=O) groups excluding carboxylic acids is 1. The molecule has 0 atom stereocenters. The third-order valence-electron chi connectivity index (χ3n) is 6.01. The van der Waals surface area contributed by atoms with E-state index in [9.17, 15) is 4.79 Å². The lowest BCUT2D eigenvalue weighted by Crippen LogP contribution is -2.48. The molecule has 156 valence electrons. The SMILES string of the molecule is CC(C)(CN1CCC2(CC1)OCCO2)c1ccc(C(=O)c2ccccc2)cc1.Cl. The number of hydrogen-bond acceptors (Lipinski definition) is 4. The highest BCUT2D eigenvalue weighted by Gasteiger charge is 2.40. The quantitative estimate of drug-likeness (QED) is 0.676. The highest BCUT2D eigenvalue weighted by Crippen LogP contribution is 2.33. The zero-order valence-electron chi connectivity index (χ0n) is 17.2. The van der Waals surface area contributed by atoms with Gasteiger partial charge in [0.2, 0.25) is 0 Å². The van der Waals surface area contributed by atoms with Crippen LogP contribution in [0.1, 0.15) is 48.2 Å². The third kappa shape index (κ3) is 4.89. The summed E-state index contributed by atoms with van der Waals surface area (Å²) >= 11 is 0. The van der Waals surface area contributed by atoms with E-state index in [1.807, 2.05) is 42.5 Å². The van der Waals surface area contributed by atoms with Gasteiger partial charge < -0.3 is 14.4 Å². The van der Waals surface area contributed by atoms with Crippen LogP contribution in [-0.2, 0) is 14.9 Å². The first kappa shape index (κ1) is 22.0. The molecule has 2 aliphatic heterocycles. The zero-order chi connectivity index (χ0) is 19.6. The van der Waals surface area contributed by atoms with Crippen LogP contribution in [0.5, 0.6) is 0 Å². The van der Waals surface area contributed by atoms with Crippen molar-refractivity contribution in [3.63, 3.8) is 0 Å². The number of nitrogens with zero attached hydrogens (tertiary/aromatic N) is 1. The lowest BCUT2D eigenvalue weighted by Gasteiger charge is -2.41. The van der Waals surface area contributed by atoms with Crippen molar-refractivity contribution in [2.45, 2.75) is 37.9 Å². The van der Waals surface area contributed by atoms with E-state index in [1.165, 1.54) is 5.56 Å². The summed E-state index contributed by atoms with van der Waals surface area (Å²) in [6.07, 6.45) is 1.88. The van der Waals surface area contributed by atoms with Crippen LogP contribution in [0.4, 0.5) is 0 Å². The largest absolute Gasteiger partial charge is 0.347 e. The van der Waals surface area contributed by atoms with Crippen molar-refractivity contribution >= 4 is 18.2 Å². The maximum Gasteiger partial charge on any atom is 0.193 e. The number of rotatable bonds is 5. The van der Waals surface area contributed by atoms with Crippen LogP contribution in [0.3, 0.4) is 0 Å². The summed E-state index contributed by atoms with van der Waals surface area (Å²) in [7, 11) is 0. The van der Waals surface area contributed by atoms with Crippen LogP contribution >= 0.6 is 12.4 Å². The molecule has 0 aromatic heterocycles. The van der Waals surface area contributed by atoms with Gasteiger partial charge in [0.1, 0.15) is 0 Å². The van der Waals surface area contributed by atoms with E-state index in [0.717, 1.165) is 56.8 Å². The molecule has 0 radical (unpaired) electrons. The molecule has 4 rings (SSSR count). The van der Waals surface area contributed by atoms with Crippen LogP contribution in [0.2, 0.25) is 0 Å². The van der Waals surface area contributed by atoms with Gasteiger partial charge in [0.15, 0.2) is 11.6 Å². The monoisotopic (exact) mass is 415 g/mol. The van der Waals surface area contributed by atoms with Crippen molar-refractivity contribution in [2.24, 2.45) is 0 Å². The third-order valence-corrected chi connectivity index (χ3v) is 6.01. The van der Waals surface area contributed by atoms with Crippen LogP contribution in [0, 0.1) is 0 Å². The number of carbonyl (C=O) groups is 1. The molecule has 0 N–H and O–H groups in total. The second-order valence-electron chi connectivity index (χ2n) is 8.54. The molecule has 2 heterocycles. The molecular weight excluding hydrogens is 386 g/mol. The molecule has 0 aliphatic carbocycles. The van der Waals surface area contributed by atoms with Crippen LogP contribution in [0.15, 0.2) is 54.6 Å². The van der Waals surface area contributed by atoms with Crippen LogP contribution in [-0.4, -0.2) is 49.3 Å². The summed E-state index contributed by atoms with van der Waals surface area (Å²) in [5.41, 5.74) is 2.73. The van der Waals surface area contributed by atoms with Gasteiger partial charge in [-0.25, -0.2) is 0 Å². The molecule has 29 heavy (non-hydrogen) atoms. The highest BCUT2D eigenvalue weighted by atomic mass is 35.5. The summed E-state index contributed by atoms with van der Waals surface area (Å²) in [6, 6.07) is 17.6. The Labute approximate surface area is 179 Å². The second-order valence-corrected chi connectivity index (χ2v) is 8.54. The maximum absolute atomic E-state index is 12.6. The maximum atomic E-state index is 12.6. The van der Waals surface area contributed by atoms with Crippen molar-refractivity contribution in [2.75, 3.05) is 32.8 Å². The molecule has 2 fully saturated rings. The molecule has 2 aromatic carbocycles. The van der Waals surface area contributed by atoms with Crippen molar-refractivity contribution in [3.05, 3.63) is 71.3 Å². The zero-order valence-corrected chi connectivity index (χ0v) is 18.0. The van der Waals surface area contributed by atoms with E-state index in [-0.39, 0.29) is 29.4 Å². The van der Waals surface area contributed by atoms with Gasteiger partial charge in [0.25, 0.3) is 0 Å². The number of ether oxygens (including phenoxy) is 2. The van der Waals surface area contributed by atoms with Gasteiger partial charge in [-0.2, -0.15) is 0 Å².